The molecule has 0 spiro atoms. The quantitative estimate of drug-likeness (QED) is 0.742. The lowest BCUT2D eigenvalue weighted by molar-refractivity contribution is 0.0846. The van der Waals surface area contributed by atoms with Gasteiger partial charge < -0.3 is 10.2 Å². The summed E-state index contributed by atoms with van der Waals surface area (Å²) < 4.78 is 1.72. The molecule has 0 bridgehead atoms. The van der Waals surface area contributed by atoms with Gasteiger partial charge in [0.15, 0.2) is 5.69 Å². The Labute approximate surface area is 171 Å². The molecule has 1 fully saturated rings. The number of rotatable bonds is 4. The molecule has 0 unspecified atom stereocenters. The molecule has 1 N–H and O–H groups in total. The van der Waals surface area contributed by atoms with E-state index in [2.05, 4.69) is 58.8 Å². The molecule has 0 radical (unpaired) electrons. The monoisotopic (exact) mass is 389 g/mol. The maximum absolute atomic E-state index is 12.9. The molecule has 29 heavy (non-hydrogen) atoms. The van der Waals surface area contributed by atoms with Gasteiger partial charge in [-0.15, -0.1) is 5.10 Å². The first-order chi connectivity index (χ1) is 14.0. The van der Waals surface area contributed by atoms with E-state index in [1.54, 1.807) is 4.68 Å². The molecule has 0 aliphatic carbocycles. The molecule has 3 aromatic rings. The summed E-state index contributed by atoms with van der Waals surface area (Å²) in [5.41, 5.74) is 4.13. The number of hydrogen-bond donors (Lipinski definition) is 1. The van der Waals surface area contributed by atoms with Crippen LogP contribution in [0.2, 0.25) is 0 Å². The second-order valence-corrected chi connectivity index (χ2v) is 8.17. The van der Waals surface area contributed by atoms with Crippen molar-refractivity contribution >= 4 is 5.91 Å². The fraction of sp³-hybridized carbons (Fsp3) is 0.348. The first-order valence-corrected chi connectivity index (χ1v) is 10.0. The van der Waals surface area contributed by atoms with Gasteiger partial charge in [-0.05, 0) is 57.0 Å². The van der Waals surface area contributed by atoms with E-state index >= 15 is 0 Å². The number of aromatic nitrogens is 3. The van der Waals surface area contributed by atoms with Crippen LogP contribution in [0.4, 0.5) is 0 Å². The van der Waals surface area contributed by atoms with Gasteiger partial charge in [0.2, 0.25) is 0 Å². The van der Waals surface area contributed by atoms with Crippen molar-refractivity contribution in [1.29, 1.82) is 0 Å². The smallest absolute Gasteiger partial charge is 0.274 e. The molecule has 6 nitrogen and oxygen atoms in total. The molecule has 2 heterocycles. The number of hydrogen-bond acceptors (Lipinski definition) is 4. The van der Waals surface area contributed by atoms with E-state index in [1.807, 2.05) is 37.3 Å². The third-order valence-electron chi connectivity index (χ3n) is 5.83. The van der Waals surface area contributed by atoms with E-state index in [1.165, 1.54) is 5.56 Å². The summed E-state index contributed by atoms with van der Waals surface area (Å²) in [4.78, 5) is 15.1. The molecule has 1 amide bonds. The zero-order valence-electron chi connectivity index (χ0n) is 17.2. The van der Waals surface area contributed by atoms with Crippen LogP contribution in [-0.2, 0) is 0 Å². The van der Waals surface area contributed by atoms with Gasteiger partial charge in [0, 0.05) is 18.6 Å². The van der Waals surface area contributed by atoms with Crippen molar-refractivity contribution in [3.05, 3.63) is 66.0 Å². The summed E-state index contributed by atoms with van der Waals surface area (Å²) in [6.45, 7) is 5.96. The average molecular weight is 390 g/mol. The van der Waals surface area contributed by atoms with Crippen LogP contribution in [-0.4, -0.2) is 51.5 Å². The van der Waals surface area contributed by atoms with Crippen molar-refractivity contribution in [3.8, 4) is 16.8 Å². The van der Waals surface area contributed by atoms with Crippen molar-refractivity contribution < 1.29 is 4.79 Å². The first-order valence-electron chi connectivity index (χ1n) is 10.0. The van der Waals surface area contributed by atoms with Crippen LogP contribution in [0.1, 0.15) is 35.9 Å². The minimum Gasteiger partial charge on any atom is -0.345 e. The predicted molar refractivity (Wildman–Crippen MR) is 114 cm³/mol. The molecule has 6 heteroatoms. The summed E-state index contributed by atoms with van der Waals surface area (Å²) in [5.74, 6) is -0.151. The minimum atomic E-state index is -0.197. The van der Waals surface area contributed by atoms with Gasteiger partial charge in [0.05, 0.1) is 11.4 Å². The Morgan fingerprint density at radius 1 is 1.00 bits per heavy atom. The van der Waals surface area contributed by atoms with Crippen LogP contribution in [0, 0.1) is 6.92 Å². The van der Waals surface area contributed by atoms with Crippen LogP contribution in [0.3, 0.4) is 0 Å². The van der Waals surface area contributed by atoms with Crippen LogP contribution >= 0.6 is 0 Å². The van der Waals surface area contributed by atoms with E-state index in [0.717, 1.165) is 42.9 Å². The SMILES string of the molecule is Cc1c(C(=O)NC2(C)CCN(C)CC2)nnn1-c1ccc(-c2ccccc2)cc1. The summed E-state index contributed by atoms with van der Waals surface area (Å²) in [6, 6.07) is 18.4. The summed E-state index contributed by atoms with van der Waals surface area (Å²) >= 11 is 0. The number of carbonyl (C=O) groups is 1. The van der Waals surface area contributed by atoms with Gasteiger partial charge in [-0.3, -0.25) is 4.79 Å². The zero-order valence-corrected chi connectivity index (χ0v) is 17.2. The second kappa shape index (κ2) is 7.79. The summed E-state index contributed by atoms with van der Waals surface area (Å²) in [6.07, 6.45) is 1.87. The fourth-order valence-corrected chi connectivity index (χ4v) is 3.78. The Morgan fingerprint density at radius 2 is 1.62 bits per heavy atom. The van der Waals surface area contributed by atoms with E-state index in [-0.39, 0.29) is 11.4 Å². The van der Waals surface area contributed by atoms with Crippen molar-refractivity contribution in [1.82, 2.24) is 25.2 Å². The molecule has 0 saturated carbocycles. The Hall–Kier alpha value is -2.99. The predicted octanol–water partition coefficient (Wildman–Crippen LogP) is 3.46. The van der Waals surface area contributed by atoms with Crippen LogP contribution in [0.5, 0.6) is 0 Å². The maximum atomic E-state index is 12.9. The molecular formula is C23H27N5O. The third-order valence-corrected chi connectivity index (χ3v) is 5.83. The Morgan fingerprint density at radius 3 is 2.28 bits per heavy atom. The highest BCUT2D eigenvalue weighted by molar-refractivity contribution is 5.93. The van der Waals surface area contributed by atoms with E-state index in [4.69, 9.17) is 0 Å². The van der Waals surface area contributed by atoms with E-state index in [9.17, 15) is 4.79 Å². The van der Waals surface area contributed by atoms with Gasteiger partial charge in [-0.1, -0.05) is 47.7 Å². The fourth-order valence-electron chi connectivity index (χ4n) is 3.78. The van der Waals surface area contributed by atoms with Crippen LogP contribution in [0.25, 0.3) is 16.8 Å². The van der Waals surface area contributed by atoms with Gasteiger partial charge in [-0.25, -0.2) is 4.68 Å². The highest BCUT2D eigenvalue weighted by Gasteiger charge is 2.32. The number of likely N-dealkylation sites (tertiary alicyclic amines) is 1. The highest BCUT2D eigenvalue weighted by atomic mass is 16.2. The topological polar surface area (TPSA) is 63.1 Å². The molecule has 4 rings (SSSR count). The third kappa shape index (κ3) is 4.07. The van der Waals surface area contributed by atoms with E-state index in [0.29, 0.717) is 5.69 Å². The molecule has 0 atom stereocenters. The second-order valence-electron chi connectivity index (χ2n) is 8.17. The molecular weight excluding hydrogens is 362 g/mol. The number of benzene rings is 2. The number of carbonyl (C=O) groups excluding carboxylic acids is 1. The van der Waals surface area contributed by atoms with Crippen molar-refractivity contribution in [2.45, 2.75) is 32.2 Å². The molecule has 2 aromatic carbocycles. The van der Waals surface area contributed by atoms with Gasteiger partial charge in [-0.2, -0.15) is 0 Å². The van der Waals surface area contributed by atoms with Crippen molar-refractivity contribution in [2.75, 3.05) is 20.1 Å². The van der Waals surface area contributed by atoms with E-state index < -0.39 is 0 Å². The van der Waals surface area contributed by atoms with Gasteiger partial charge in [0.25, 0.3) is 5.91 Å². The molecule has 1 aromatic heterocycles. The number of piperidine rings is 1. The molecule has 1 aliphatic heterocycles. The number of nitrogens with zero attached hydrogens (tertiary/aromatic N) is 4. The van der Waals surface area contributed by atoms with Crippen molar-refractivity contribution in [2.24, 2.45) is 0 Å². The Bertz CT molecular complexity index is 986. The van der Waals surface area contributed by atoms with Gasteiger partial charge in [0.1, 0.15) is 0 Å². The zero-order chi connectivity index (χ0) is 20.4. The standard InChI is InChI=1S/C23H27N5O/c1-17-21(22(29)24-23(2)13-15-27(3)16-14-23)25-26-28(17)20-11-9-19(10-12-20)18-7-5-4-6-8-18/h4-12H,13-16H2,1-3H3,(H,24,29). The van der Waals surface area contributed by atoms with Crippen molar-refractivity contribution in [3.63, 3.8) is 0 Å². The Balaban J connectivity index is 1.52. The lowest BCUT2D eigenvalue weighted by Crippen LogP contribution is -2.52. The number of nitrogens with one attached hydrogen (secondary N) is 1. The maximum Gasteiger partial charge on any atom is 0.274 e. The normalized spacial score (nSPS) is 16.5. The molecule has 1 aliphatic rings. The van der Waals surface area contributed by atoms with Crippen LogP contribution < -0.4 is 5.32 Å². The lowest BCUT2D eigenvalue weighted by Gasteiger charge is -2.38. The minimum absolute atomic E-state index is 0.151. The summed E-state index contributed by atoms with van der Waals surface area (Å²) in [5, 5.41) is 11.6. The van der Waals surface area contributed by atoms with Crippen LogP contribution in [0.15, 0.2) is 54.6 Å². The van der Waals surface area contributed by atoms with Gasteiger partial charge >= 0.3 is 0 Å². The summed E-state index contributed by atoms with van der Waals surface area (Å²) in [7, 11) is 2.11. The highest BCUT2D eigenvalue weighted by Crippen LogP contribution is 2.23. The number of amides is 1. The molecule has 150 valence electrons. The Kier molecular flexibility index (Phi) is 5.20. The average Bonchev–Trinajstić information content (AvgIpc) is 3.13. The largest absolute Gasteiger partial charge is 0.345 e. The molecule has 1 saturated heterocycles. The first kappa shape index (κ1) is 19.3. The lowest BCUT2D eigenvalue weighted by atomic mass is 9.89.